The summed E-state index contributed by atoms with van der Waals surface area (Å²) in [4.78, 5) is 28.7. The van der Waals surface area contributed by atoms with Crippen LogP contribution in [0.25, 0.3) is 22.4 Å². The van der Waals surface area contributed by atoms with Crippen LogP contribution >= 0.6 is 7.37 Å². The molecule has 0 spiro atoms. The molecule has 2 aromatic carbocycles. The van der Waals surface area contributed by atoms with Gasteiger partial charge in [-0.25, -0.2) is 4.39 Å². The number of terminal acetylenes is 1. The number of hydrogen-bond acceptors (Lipinski definition) is 4. The standard InChI is InChI=1S/C27H25FNO5P/c1-4-35(33,34)27(17(3)30,26(31)32)23-22(18-12-14-21(28)15-13-18)16(2)24(19-8-6-5-7-9-19)29-25(23)20-10-11-20/h1,5-9,12-15,17,20,30H,10-11H2,2-3H3,(H,31,32)(H,33,34). The van der Waals surface area contributed by atoms with Crippen molar-refractivity contribution >= 4 is 13.3 Å². The Hall–Kier alpha value is -3.30. The summed E-state index contributed by atoms with van der Waals surface area (Å²) in [5, 5.41) is 18.6. The molecule has 8 heteroatoms. The maximum Gasteiger partial charge on any atom is 0.327 e. The third kappa shape index (κ3) is 3.98. The molecule has 0 bridgehead atoms. The van der Waals surface area contributed by atoms with Crippen molar-refractivity contribution in [1.29, 1.82) is 0 Å². The molecule has 0 amide bonds. The first-order valence-corrected chi connectivity index (χ1v) is 12.8. The maximum absolute atomic E-state index is 13.8. The second kappa shape index (κ2) is 9.05. The van der Waals surface area contributed by atoms with Crippen molar-refractivity contribution < 1.29 is 28.9 Å². The molecule has 3 N–H and O–H groups in total. The average molecular weight is 493 g/mol. The van der Waals surface area contributed by atoms with Crippen molar-refractivity contribution in [2.24, 2.45) is 0 Å². The second-order valence-electron chi connectivity index (χ2n) is 8.82. The molecule has 35 heavy (non-hydrogen) atoms. The van der Waals surface area contributed by atoms with Gasteiger partial charge in [0.15, 0.2) is 0 Å². The van der Waals surface area contributed by atoms with Gasteiger partial charge in [0.05, 0.1) is 11.8 Å². The zero-order valence-electron chi connectivity index (χ0n) is 19.3. The first-order chi connectivity index (χ1) is 16.6. The maximum atomic E-state index is 13.8. The van der Waals surface area contributed by atoms with Gasteiger partial charge < -0.3 is 15.1 Å². The van der Waals surface area contributed by atoms with Crippen molar-refractivity contribution in [2.45, 2.75) is 43.9 Å². The number of carboxylic acid groups (broad SMARTS) is 1. The van der Waals surface area contributed by atoms with E-state index >= 15 is 0 Å². The minimum atomic E-state index is -4.99. The van der Waals surface area contributed by atoms with E-state index in [2.05, 4.69) is 0 Å². The molecule has 3 aromatic rings. The Kier molecular flexibility index (Phi) is 6.42. The number of pyridine rings is 1. The largest absolute Gasteiger partial charge is 0.480 e. The molecule has 1 saturated carbocycles. The molecule has 3 atom stereocenters. The van der Waals surface area contributed by atoms with Gasteiger partial charge in [-0.15, -0.1) is 6.42 Å². The molecule has 3 unspecified atom stereocenters. The smallest absolute Gasteiger partial charge is 0.327 e. The monoisotopic (exact) mass is 493 g/mol. The van der Waals surface area contributed by atoms with Gasteiger partial charge in [0.25, 0.3) is 7.37 Å². The van der Waals surface area contributed by atoms with E-state index in [1.54, 1.807) is 12.6 Å². The van der Waals surface area contributed by atoms with E-state index in [0.29, 0.717) is 40.9 Å². The normalized spacial score (nSPS) is 17.6. The summed E-state index contributed by atoms with van der Waals surface area (Å²) in [6, 6.07) is 14.7. The van der Waals surface area contributed by atoms with E-state index in [-0.39, 0.29) is 11.5 Å². The zero-order valence-corrected chi connectivity index (χ0v) is 20.2. The summed E-state index contributed by atoms with van der Waals surface area (Å²) in [5.41, 5.74) is 4.56. The summed E-state index contributed by atoms with van der Waals surface area (Å²) < 4.78 is 27.3. The van der Waals surface area contributed by atoms with Crippen molar-refractivity contribution in [1.82, 2.24) is 4.98 Å². The van der Waals surface area contributed by atoms with Crippen LogP contribution in [0.1, 0.15) is 42.5 Å². The predicted molar refractivity (Wildman–Crippen MR) is 131 cm³/mol. The fourth-order valence-corrected chi connectivity index (χ4v) is 6.22. The molecule has 1 aliphatic rings. The zero-order chi connectivity index (χ0) is 25.5. The summed E-state index contributed by atoms with van der Waals surface area (Å²) in [6.07, 6.45) is 4.96. The first kappa shape index (κ1) is 24.8. The summed E-state index contributed by atoms with van der Waals surface area (Å²) in [6.45, 7) is 2.86. The molecule has 0 radical (unpaired) electrons. The van der Waals surface area contributed by atoms with E-state index in [4.69, 9.17) is 11.4 Å². The lowest BCUT2D eigenvalue weighted by Gasteiger charge is -2.37. The highest BCUT2D eigenvalue weighted by Crippen LogP contribution is 2.65. The van der Waals surface area contributed by atoms with Gasteiger partial charge in [-0.3, -0.25) is 14.3 Å². The molecule has 4 rings (SSSR count). The van der Waals surface area contributed by atoms with Gasteiger partial charge in [0, 0.05) is 22.7 Å². The number of halogens is 1. The quantitative estimate of drug-likeness (QED) is 0.306. The topological polar surface area (TPSA) is 108 Å². The summed E-state index contributed by atoms with van der Waals surface area (Å²) in [7, 11) is -4.99. The SMILES string of the molecule is C#CP(=O)(O)C(C(=O)O)(c1c(C2CC2)nc(-c2ccccc2)c(C)c1-c1ccc(F)cc1)C(C)O. The second-order valence-corrected chi connectivity index (χ2v) is 10.9. The third-order valence-corrected chi connectivity index (χ3v) is 8.67. The van der Waals surface area contributed by atoms with Crippen LogP contribution in [0.4, 0.5) is 4.39 Å². The van der Waals surface area contributed by atoms with Crippen LogP contribution in [-0.4, -0.2) is 32.2 Å². The Morgan fingerprint density at radius 1 is 1.17 bits per heavy atom. The van der Waals surface area contributed by atoms with Crippen LogP contribution in [0.5, 0.6) is 0 Å². The predicted octanol–water partition coefficient (Wildman–Crippen LogP) is 5.26. The fraction of sp³-hybridized carbons (Fsp3) is 0.259. The highest BCUT2D eigenvalue weighted by molar-refractivity contribution is 7.65. The van der Waals surface area contributed by atoms with Gasteiger partial charge in [-0.05, 0) is 61.2 Å². The lowest BCUT2D eigenvalue weighted by Crippen LogP contribution is -2.46. The Labute approximate surface area is 202 Å². The van der Waals surface area contributed by atoms with Gasteiger partial charge >= 0.3 is 5.97 Å². The molecule has 0 aliphatic heterocycles. The minimum Gasteiger partial charge on any atom is -0.480 e. The Balaban J connectivity index is 2.25. The van der Waals surface area contributed by atoms with Crippen molar-refractivity contribution in [3.63, 3.8) is 0 Å². The average Bonchev–Trinajstić information content (AvgIpc) is 3.66. The number of aliphatic hydroxyl groups is 1. The number of aliphatic carboxylic acids is 1. The van der Waals surface area contributed by atoms with Gasteiger partial charge in [0.1, 0.15) is 5.82 Å². The van der Waals surface area contributed by atoms with Crippen LogP contribution in [-0.2, 0) is 14.5 Å². The number of aromatic nitrogens is 1. The molecule has 0 saturated heterocycles. The minimum absolute atomic E-state index is 0.0879. The van der Waals surface area contributed by atoms with Gasteiger partial charge in [0.2, 0.25) is 5.16 Å². The number of aliphatic hydroxyl groups excluding tert-OH is 1. The summed E-state index contributed by atoms with van der Waals surface area (Å²) >= 11 is 0. The number of benzene rings is 2. The first-order valence-electron chi connectivity index (χ1n) is 11.1. The van der Waals surface area contributed by atoms with Crippen molar-refractivity contribution in [3.05, 3.63) is 77.2 Å². The Morgan fingerprint density at radius 2 is 1.77 bits per heavy atom. The van der Waals surface area contributed by atoms with Crippen molar-refractivity contribution in [2.75, 3.05) is 0 Å². The van der Waals surface area contributed by atoms with E-state index < -0.39 is 30.4 Å². The molecular weight excluding hydrogens is 468 g/mol. The van der Waals surface area contributed by atoms with E-state index in [0.717, 1.165) is 12.5 Å². The number of hydrogen-bond donors (Lipinski definition) is 3. The van der Waals surface area contributed by atoms with E-state index in [1.807, 2.05) is 30.3 Å². The van der Waals surface area contributed by atoms with E-state index in [9.17, 15) is 28.9 Å². The molecule has 1 aromatic heterocycles. The van der Waals surface area contributed by atoms with Crippen LogP contribution in [0.3, 0.4) is 0 Å². The number of carbonyl (C=O) groups is 1. The Morgan fingerprint density at radius 3 is 2.26 bits per heavy atom. The fourth-order valence-electron chi connectivity index (χ4n) is 4.72. The molecule has 1 heterocycles. The lowest BCUT2D eigenvalue weighted by molar-refractivity contribution is -0.143. The van der Waals surface area contributed by atoms with Crippen molar-refractivity contribution in [3.8, 4) is 34.5 Å². The highest BCUT2D eigenvalue weighted by Gasteiger charge is 2.62. The van der Waals surface area contributed by atoms with Crippen LogP contribution in [0.15, 0.2) is 54.6 Å². The molecule has 180 valence electrons. The lowest BCUT2D eigenvalue weighted by atomic mass is 9.81. The number of carboxylic acids is 1. The molecule has 1 fully saturated rings. The van der Waals surface area contributed by atoms with Gasteiger partial charge in [-0.1, -0.05) is 42.5 Å². The highest BCUT2D eigenvalue weighted by atomic mass is 31.2. The third-order valence-electron chi connectivity index (χ3n) is 6.58. The van der Waals surface area contributed by atoms with E-state index in [1.165, 1.54) is 24.3 Å². The number of rotatable bonds is 7. The van der Waals surface area contributed by atoms with Gasteiger partial charge in [-0.2, -0.15) is 0 Å². The van der Waals surface area contributed by atoms with Crippen LogP contribution < -0.4 is 0 Å². The number of nitrogens with zero attached hydrogens (tertiary/aromatic N) is 1. The Bertz CT molecular complexity index is 1380. The molecule has 1 aliphatic carbocycles. The van der Waals surface area contributed by atoms with Crippen LogP contribution in [0, 0.1) is 24.8 Å². The molecular formula is C27H25FNO5P. The molecule has 6 nitrogen and oxygen atoms in total. The van der Waals surface area contributed by atoms with Crippen LogP contribution in [0.2, 0.25) is 0 Å². The summed E-state index contributed by atoms with van der Waals surface area (Å²) in [5.74, 6) is -2.40.